The van der Waals surface area contributed by atoms with E-state index in [1.807, 2.05) is 59.5 Å². The van der Waals surface area contributed by atoms with E-state index in [0.29, 0.717) is 29.8 Å². The van der Waals surface area contributed by atoms with Crippen LogP contribution in [0.1, 0.15) is 57.0 Å². The number of aromatic nitrogens is 2. The van der Waals surface area contributed by atoms with Gasteiger partial charge >= 0.3 is 0 Å². The normalized spacial score (nSPS) is 14.6. The molecule has 2 aromatic carbocycles. The topological polar surface area (TPSA) is 55.2 Å². The van der Waals surface area contributed by atoms with Gasteiger partial charge in [-0.05, 0) is 43.4 Å². The molecule has 1 heterocycles. The summed E-state index contributed by atoms with van der Waals surface area (Å²) in [6, 6.07) is 17.2. The van der Waals surface area contributed by atoms with Gasteiger partial charge in [0.2, 0.25) is 5.91 Å². The van der Waals surface area contributed by atoms with Gasteiger partial charge in [0.15, 0.2) is 0 Å². The lowest BCUT2D eigenvalue weighted by Crippen LogP contribution is -2.40. The van der Waals surface area contributed by atoms with Gasteiger partial charge in [-0.15, -0.1) is 0 Å². The first-order valence-corrected chi connectivity index (χ1v) is 11.0. The van der Waals surface area contributed by atoms with Gasteiger partial charge in [0.25, 0.3) is 5.56 Å². The Balaban J connectivity index is 1.86. The molecule has 0 aliphatic heterocycles. The number of hydrogen-bond donors (Lipinski definition) is 0. The van der Waals surface area contributed by atoms with E-state index in [4.69, 9.17) is 4.98 Å². The van der Waals surface area contributed by atoms with Crippen molar-refractivity contribution in [2.75, 3.05) is 6.54 Å². The van der Waals surface area contributed by atoms with Gasteiger partial charge < -0.3 is 4.90 Å². The summed E-state index contributed by atoms with van der Waals surface area (Å²) in [6.07, 6.45) is 3.54. The molecule has 0 bridgehead atoms. The van der Waals surface area contributed by atoms with E-state index in [1.54, 1.807) is 4.57 Å². The van der Waals surface area contributed by atoms with Crippen LogP contribution < -0.4 is 5.56 Å². The van der Waals surface area contributed by atoms with Crippen molar-refractivity contribution in [2.24, 2.45) is 5.92 Å². The summed E-state index contributed by atoms with van der Waals surface area (Å²) < 4.78 is 1.77. The SMILES string of the molecule is CCCN(C(=O)C1CC1)C(CC)c1nc2ccccc2c(=O)n1Cc1ccccc1. The summed E-state index contributed by atoms with van der Waals surface area (Å²) in [5.74, 6) is 1.03. The second-order valence-corrected chi connectivity index (χ2v) is 8.09. The quantitative estimate of drug-likeness (QED) is 0.555. The first kappa shape index (κ1) is 20.3. The Morgan fingerprint density at radius 3 is 2.47 bits per heavy atom. The Bertz CT molecular complexity index is 1090. The van der Waals surface area contributed by atoms with E-state index in [2.05, 4.69) is 13.8 Å². The van der Waals surface area contributed by atoms with E-state index in [1.165, 1.54) is 0 Å². The maximum absolute atomic E-state index is 13.5. The van der Waals surface area contributed by atoms with E-state index in [9.17, 15) is 9.59 Å². The lowest BCUT2D eigenvalue weighted by molar-refractivity contribution is -0.135. The van der Waals surface area contributed by atoms with Crippen LogP contribution in [0.4, 0.5) is 0 Å². The lowest BCUT2D eigenvalue weighted by atomic mass is 10.1. The number of rotatable bonds is 8. The zero-order valence-corrected chi connectivity index (χ0v) is 17.8. The predicted octanol–water partition coefficient (Wildman–Crippen LogP) is 4.54. The van der Waals surface area contributed by atoms with Gasteiger partial charge in [0.1, 0.15) is 5.82 Å². The summed E-state index contributed by atoms with van der Waals surface area (Å²) >= 11 is 0. The van der Waals surface area contributed by atoms with Crippen molar-refractivity contribution in [1.82, 2.24) is 14.5 Å². The third-order valence-corrected chi connectivity index (χ3v) is 5.81. The molecule has 0 saturated heterocycles. The smallest absolute Gasteiger partial charge is 0.261 e. The fourth-order valence-electron chi connectivity index (χ4n) is 4.13. The zero-order valence-electron chi connectivity index (χ0n) is 17.8. The van der Waals surface area contributed by atoms with Crippen molar-refractivity contribution in [3.63, 3.8) is 0 Å². The average molecular weight is 404 g/mol. The van der Waals surface area contributed by atoms with Crippen LogP contribution >= 0.6 is 0 Å². The number of para-hydroxylation sites is 1. The maximum atomic E-state index is 13.5. The van der Waals surface area contributed by atoms with Crippen molar-refractivity contribution in [3.8, 4) is 0 Å². The van der Waals surface area contributed by atoms with Crippen molar-refractivity contribution in [3.05, 3.63) is 76.3 Å². The molecule has 0 radical (unpaired) electrons. The Morgan fingerprint density at radius 1 is 1.10 bits per heavy atom. The van der Waals surface area contributed by atoms with Crippen molar-refractivity contribution in [2.45, 2.75) is 52.1 Å². The van der Waals surface area contributed by atoms with E-state index < -0.39 is 0 Å². The average Bonchev–Trinajstić information content (AvgIpc) is 3.62. The fraction of sp³-hybridized carbons (Fsp3) is 0.400. The Hall–Kier alpha value is -2.95. The third kappa shape index (κ3) is 4.02. The molecule has 1 amide bonds. The highest BCUT2D eigenvalue weighted by atomic mass is 16.2. The molecular weight excluding hydrogens is 374 g/mol. The number of hydrogen-bond acceptors (Lipinski definition) is 3. The highest BCUT2D eigenvalue weighted by Gasteiger charge is 2.37. The molecule has 1 aliphatic rings. The molecule has 1 aromatic heterocycles. The molecule has 1 saturated carbocycles. The lowest BCUT2D eigenvalue weighted by Gasteiger charge is -2.32. The van der Waals surface area contributed by atoms with Crippen LogP contribution in [0.2, 0.25) is 0 Å². The Labute approximate surface area is 177 Å². The van der Waals surface area contributed by atoms with Crippen molar-refractivity contribution in [1.29, 1.82) is 0 Å². The second-order valence-electron chi connectivity index (χ2n) is 8.09. The van der Waals surface area contributed by atoms with Gasteiger partial charge in [-0.1, -0.05) is 56.3 Å². The van der Waals surface area contributed by atoms with Crippen LogP contribution in [0, 0.1) is 5.92 Å². The molecule has 4 rings (SSSR count). The summed E-state index contributed by atoms with van der Waals surface area (Å²) in [5.41, 5.74) is 1.69. The first-order valence-electron chi connectivity index (χ1n) is 11.0. The minimum absolute atomic E-state index is 0.0479. The molecule has 30 heavy (non-hydrogen) atoms. The van der Waals surface area contributed by atoms with Gasteiger partial charge in [-0.3, -0.25) is 14.2 Å². The molecule has 1 aliphatic carbocycles. The summed E-state index contributed by atoms with van der Waals surface area (Å²) in [7, 11) is 0. The third-order valence-electron chi connectivity index (χ3n) is 5.81. The number of amides is 1. The van der Waals surface area contributed by atoms with Crippen LogP contribution in [0.3, 0.4) is 0 Å². The number of nitrogens with zero attached hydrogens (tertiary/aromatic N) is 3. The number of carbonyl (C=O) groups is 1. The van der Waals surface area contributed by atoms with Crippen molar-refractivity contribution < 1.29 is 4.79 Å². The Kier molecular flexibility index (Phi) is 5.98. The molecule has 1 fully saturated rings. The van der Waals surface area contributed by atoms with Gasteiger partial charge in [-0.2, -0.15) is 0 Å². The minimum Gasteiger partial charge on any atom is -0.332 e. The van der Waals surface area contributed by atoms with Gasteiger partial charge in [0.05, 0.1) is 23.5 Å². The zero-order chi connectivity index (χ0) is 21.1. The van der Waals surface area contributed by atoms with Crippen LogP contribution in [0.5, 0.6) is 0 Å². The molecule has 156 valence electrons. The van der Waals surface area contributed by atoms with E-state index in [0.717, 1.165) is 31.2 Å². The minimum atomic E-state index is -0.209. The number of fused-ring (bicyclic) bond motifs is 1. The summed E-state index contributed by atoms with van der Waals surface area (Å²) in [6.45, 7) is 5.29. The van der Waals surface area contributed by atoms with Gasteiger partial charge in [-0.25, -0.2) is 4.98 Å². The summed E-state index contributed by atoms with van der Waals surface area (Å²) in [5, 5.41) is 0.614. The second kappa shape index (κ2) is 8.82. The fourth-order valence-corrected chi connectivity index (χ4v) is 4.13. The number of carbonyl (C=O) groups excluding carboxylic acids is 1. The van der Waals surface area contributed by atoms with Crippen LogP contribution in [0.15, 0.2) is 59.4 Å². The molecule has 5 nitrogen and oxygen atoms in total. The maximum Gasteiger partial charge on any atom is 0.261 e. The molecule has 1 unspecified atom stereocenters. The van der Waals surface area contributed by atoms with Gasteiger partial charge in [0, 0.05) is 12.5 Å². The van der Waals surface area contributed by atoms with Crippen molar-refractivity contribution >= 4 is 16.8 Å². The van der Waals surface area contributed by atoms with Crippen LogP contribution in [-0.2, 0) is 11.3 Å². The largest absolute Gasteiger partial charge is 0.332 e. The molecule has 5 heteroatoms. The summed E-state index contributed by atoms with van der Waals surface area (Å²) in [4.78, 5) is 33.5. The first-order chi connectivity index (χ1) is 14.6. The standard InChI is InChI=1S/C25H29N3O2/c1-3-16-27(24(29)19-14-15-19)22(4-2)23-26-21-13-9-8-12-20(21)25(30)28(23)17-18-10-6-5-7-11-18/h5-13,19,22H,3-4,14-17H2,1-2H3. The van der Waals surface area contributed by atoms with Crippen LogP contribution in [-0.4, -0.2) is 26.9 Å². The predicted molar refractivity (Wildman–Crippen MR) is 119 cm³/mol. The molecule has 1 atom stereocenters. The Morgan fingerprint density at radius 2 is 1.80 bits per heavy atom. The van der Waals surface area contributed by atoms with Crippen LogP contribution in [0.25, 0.3) is 10.9 Å². The van der Waals surface area contributed by atoms with E-state index >= 15 is 0 Å². The molecular formula is C25H29N3O2. The molecule has 0 spiro atoms. The monoisotopic (exact) mass is 403 g/mol. The molecule has 0 N–H and O–H groups in total. The van der Waals surface area contributed by atoms with E-state index in [-0.39, 0.29) is 23.4 Å². The molecule has 3 aromatic rings. The number of benzene rings is 2. The highest BCUT2D eigenvalue weighted by Crippen LogP contribution is 2.35. The highest BCUT2D eigenvalue weighted by molar-refractivity contribution is 5.81.